The molecule has 2 aromatic carbocycles. The summed E-state index contributed by atoms with van der Waals surface area (Å²) in [5.74, 6) is 3.01. The molecule has 3 aromatic rings. The third-order valence-electron chi connectivity index (χ3n) is 8.52. The molecule has 0 radical (unpaired) electrons. The van der Waals surface area contributed by atoms with E-state index in [0.29, 0.717) is 25.6 Å². The average molecular weight is 577 g/mol. The number of nitrogens with one attached hydrogen (secondary N) is 1. The van der Waals surface area contributed by atoms with E-state index in [4.69, 9.17) is 23.9 Å². The van der Waals surface area contributed by atoms with Gasteiger partial charge in [0.15, 0.2) is 0 Å². The third kappa shape index (κ3) is 6.99. The molecule has 6 rings (SSSR count). The third-order valence-corrected chi connectivity index (χ3v) is 8.52. The van der Waals surface area contributed by atoms with E-state index in [9.17, 15) is 0 Å². The molecule has 0 saturated carbocycles. The Bertz CT molecular complexity index is 1320. The van der Waals surface area contributed by atoms with Crippen LogP contribution in [0.4, 0.5) is 17.2 Å². The molecule has 10 heteroatoms. The Morgan fingerprint density at radius 2 is 1.76 bits per heavy atom. The second kappa shape index (κ2) is 13.8. The smallest absolute Gasteiger partial charge is 0.145 e. The van der Waals surface area contributed by atoms with Crippen molar-refractivity contribution in [3.8, 4) is 17.2 Å². The summed E-state index contributed by atoms with van der Waals surface area (Å²) in [7, 11) is 3.88. The van der Waals surface area contributed by atoms with E-state index in [1.165, 1.54) is 12.8 Å². The van der Waals surface area contributed by atoms with Crippen LogP contribution in [0.2, 0.25) is 0 Å². The molecular weight excluding hydrogens is 532 g/mol. The molecule has 0 spiro atoms. The van der Waals surface area contributed by atoms with Crippen LogP contribution in [0.15, 0.2) is 36.7 Å². The fourth-order valence-corrected chi connectivity index (χ4v) is 6.03. The molecule has 0 amide bonds. The van der Waals surface area contributed by atoms with Gasteiger partial charge in [-0.2, -0.15) is 0 Å². The van der Waals surface area contributed by atoms with Crippen molar-refractivity contribution in [2.24, 2.45) is 0 Å². The maximum Gasteiger partial charge on any atom is 0.145 e. The highest BCUT2D eigenvalue weighted by Crippen LogP contribution is 2.40. The molecule has 0 bridgehead atoms. The minimum absolute atomic E-state index is 0.0690. The molecule has 226 valence electrons. The number of methoxy groups -OCH3 is 1. The number of hydrogen-bond acceptors (Lipinski definition) is 10. The highest BCUT2D eigenvalue weighted by molar-refractivity contribution is 5.97. The van der Waals surface area contributed by atoms with Gasteiger partial charge >= 0.3 is 0 Å². The Kier molecular flexibility index (Phi) is 9.42. The number of rotatable bonds is 11. The largest absolute Gasteiger partial charge is 0.497 e. The average Bonchev–Trinajstić information content (AvgIpc) is 3.56. The zero-order chi connectivity index (χ0) is 28.7. The SMILES string of the molecule is COc1ccc(N2CCCC2)c(Nc2ncnc3cc(OCCCN4CCN(C)CC4)cc(OC4CCOCC4)c23)c1. The molecule has 3 aliphatic heterocycles. The Morgan fingerprint density at radius 1 is 0.952 bits per heavy atom. The van der Waals surface area contributed by atoms with Gasteiger partial charge in [0.2, 0.25) is 0 Å². The minimum atomic E-state index is 0.0690. The Hall–Kier alpha value is -3.34. The molecule has 0 aliphatic carbocycles. The van der Waals surface area contributed by atoms with E-state index in [1.54, 1.807) is 13.4 Å². The highest BCUT2D eigenvalue weighted by Gasteiger charge is 2.22. The second-order valence-electron chi connectivity index (χ2n) is 11.5. The van der Waals surface area contributed by atoms with Gasteiger partial charge in [-0.25, -0.2) is 9.97 Å². The molecule has 42 heavy (non-hydrogen) atoms. The normalized spacial score (nSPS) is 18.9. The van der Waals surface area contributed by atoms with E-state index in [0.717, 1.165) is 105 Å². The van der Waals surface area contributed by atoms with Crippen molar-refractivity contribution in [2.75, 3.05) is 90.0 Å². The lowest BCUT2D eigenvalue weighted by atomic mass is 10.1. The number of benzene rings is 2. The number of fused-ring (bicyclic) bond motifs is 1. The van der Waals surface area contributed by atoms with Gasteiger partial charge in [-0.05, 0) is 38.4 Å². The topological polar surface area (TPSA) is 84.5 Å². The van der Waals surface area contributed by atoms with Gasteiger partial charge in [-0.1, -0.05) is 0 Å². The van der Waals surface area contributed by atoms with Crippen LogP contribution in [0.1, 0.15) is 32.1 Å². The van der Waals surface area contributed by atoms with Gasteiger partial charge in [-0.15, -0.1) is 0 Å². The van der Waals surface area contributed by atoms with Crippen LogP contribution in [0, 0.1) is 0 Å². The quantitative estimate of drug-likeness (QED) is 0.328. The maximum atomic E-state index is 6.65. The van der Waals surface area contributed by atoms with Crippen LogP contribution in [-0.4, -0.2) is 106 Å². The van der Waals surface area contributed by atoms with E-state index >= 15 is 0 Å². The molecule has 3 saturated heterocycles. The number of ether oxygens (including phenoxy) is 4. The zero-order valence-corrected chi connectivity index (χ0v) is 25.0. The van der Waals surface area contributed by atoms with Crippen molar-refractivity contribution in [2.45, 2.75) is 38.2 Å². The lowest BCUT2D eigenvalue weighted by molar-refractivity contribution is 0.0261. The fourth-order valence-electron chi connectivity index (χ4n) is 6.03. The lowest BCUT2D eigenvalue weighted by Gasteiger charge is -2.32. The summed E-state index contributed by atoms with van der Waals surface area (Å²) in [6, 6.07) is 10.2. The molecule has 1 aromatic heterocycles. The predicted molar refractivity (Wildman–Crippen MR) is 166 cm³/mol. The maximum absolute atomic E-state index is 6.65. The first-order chi connectivity index (χ1) is 20.7. The van der Waals surface area contributed by atoms with E-state index in [2.05, 4.69) is 38.1 Å². The first kappa shape index (κ1) is 28.8. The van der Waals surface area contributed by atoms with Crippen molar-refractivity contribution in [1.29, 1.82) is 0 Å². The number of anilines is 3. The fraction of sp³-hybridized carbons (Fsp3) is 0.562. The van der Waals surface area contributed by atoms with Crippen LogP contribution in [-0.2, 0) is 4.74 Å². The molecule has 1 N–H and O–H groups in total. The lowest BCUT2D eigenvalue weighted by Crippen LogP contribution is -2.44. The summed E-state index contributed by atoms with van der Waals surface area (Å²) in [4.78, 5) is 16.7. The van der Waals surface area contributed by atoms with Gasteiger partial charge in [0.25, 0.3) is 0 Å². The van der Waals surface area contributed by atoms with Gasteiger partial charge in [0.1, 0.15) is 35.5 Å². The molecule has 10 nitrogen and oxygen atoms in total. The minimum Gasteiger partial charge on any atom is -0.497 e. The monoisotopic (exact) mass is 576 g/mol. The highest BCUT2D eigenvalue weighted by atomic mass is 16.5. The Morgan fingerprint density at radius 3 is 2.55 bits per heavy atom. The van der Waals surface area contributed by atoms with Crippen molar-refractivity contribution in [3.05, 3.63) is 36.7 Å². The zero-order valence-electron chi connectivity index (χ0n) is 25.0. The van der Waals surface area contributed by atoms with Gasteiger partial charge in [-0.3, -0.25) is 0 Å². The molecule has 0 unspecified atom stereocenters. The van der Waals surface area contributed by atoms with Crippen LogP contribution in [0.3, 0.4) is 0 Å². The Labute approximate surface area is 248 Å². The van der Waals surface area contributed by atoms with E-state index < -0.39 is 0 Å². The Balaban J connectivity index is 1.26. The standard InChI is InChI=1S/C32H44N6O4/c1-36-13-15-37(16-14-36)10-5-17-41-26-21-28-31(30(22-26)42-24-8-18-40-19-9-24)32(34-23-33-28)35-27-20-25(39-2)6-7-29(27)38-11-3-4-12-38/h6-7,20-24H,3-5,8-19H2,1-2H3,(H,33,34,35). The predicted octanol–water partition coefficient (Wildman–Crippen LogP) is 4.56. The van der Waals surface area contributed by atoms with Crippen molar-refractivity contribution in [3.63, 3.8) is 0 Å². The summed E-state index contributed by atoms with van der Waals surface area (Å²) < 4.78 is 24.1. The van der Waals surface area contributed by atoms with E-state index in [1.807, 2.05) is 24.3 Å². The van der Waals surface area contributed by atoms with Gasteiger partial charge < -0.3 is 39.0 Å². The molecule has 4 heterocycles. The summed E-state index contributed by atoms with van der Waals surface area (Å²) in [6.45, 7) is 9.68. The van der Waals surface area contributed by atoms with Crippen molar-refractivity contribution in [1.82, 2.24) is 19.8 Å². The molecule has 0 atom stereocenters. The summed E-state index contributed by atoms with van der Waals surface area (Å²) in [5, 5.41) is 4.48. The summed E-state index contributed by atoms with van der Waals surface area (Å²) in [6.07, 6.45) is 6.75. The van der Waals surface area contributed by atoms with Crippen molar-refractivity contribution < 1.29 is 18.9 Å². The second-order valence-corrected chi connectivity index (χ2v) is 11.5. The number of nitrogens with zero attached hydrogens (tertiary/aromatic N) is 5. The van der Waals surface area contributed by atoms with Crippen LogP contribution >= 0.6 is 0 Å². The molecular formula is C32H44N6O4. The number of piperazine rings is 1. The number of hydrogen-bond donors (Lipinski definition) is 1. The van der Waals surface area contributed by atoms with Gasteiger partial charge in [0.05, 0.1) is 49.2 Å². The summed E-state index contributed by atoms with van der Waals surface area (Å²) >= 11 is 0. The number of aromatic nitrogens is 2. The molecule has 3 aliphatic rings. The van der Waals surface area contributed by atoms with Crippen LogP contribution < -0.4 is 24.4 Å². The summed E-state index contributed by atoms with van der Waals surface area (Å²) in [5.41, 5.74) is 2.89. The van der Waals surface area contributed by atoms with Gasteiger partial charge in [0, 0.05) is 76.9 Å². The number of likely N-dealkylation sites (N-methyl/N-ethyl adjacent to an activating group) is 1. The van der Waals surface area contributed by atoms with Crippen LogP contribution in [0.25, 0.3) is 10.9 Å². The van der Waals surface area contributed by atoms with E-state index in [-0.39, 0.29) is 6.10 Å². The first-order valence-electron chi connectivity index (χ1n) is 15.4. The van der Waals surface area contributed by atoms with Crippen molar-refractivity contribution >= 4 is 28.1 Å². The first-order valence-corrected chi connectivity index (χ1v) is 15.4. The molecule has 3 fully saturated rings. The van der Waals surface area contributed by atoms with Crippen LogP contribution in [0.5, 0.6) is 17.2 Å².